The number of thiophene rings is 1. The van der Waals surface area contributed by atoms with E-state index in [2.05, 4.69) is 24.5 Å². The number of nitrogens with one attached hydrogen (secondary N) is 2. The molecule has 2 aliphatic rings. The van der Waals surface area contributed by atoms with Crippen LogP contribution in [0, 0.1) is 18.2 Å². The number of anilines is 1. The Morgan fingerprint density at radius 3 is 2.50 bits per heavy atom. The Labute approximate surface area is 179 Å². The van der Waals surface area contributed by atoms with Gasteiger partial charge in [0.2, 0.25) is 0 Å². The van der Waals surface area contributed by atoms with E-state index in [4.69, 9.17) is 0 Å². The van der Waals surface area contributed by atoms with Gasteiger partial charge in [0.05, 0.1) is 5.92 Å². The second kappa shape index (κ2) is 7.51. The predicted octanol–water partition coefficient (Wildman–Crippen LogP) is 5.44. The van der Waals surface area contributed by atoms with Crippen LogP contribution >= 0.6 is 11.3 Å². The lowest BCUT2D eigenvalue weighted by Crippen LogP contribution is -2.39. The van der Waals surface area contributed by atoms with Crippen LogP contribution in [0.2, 0.25) is 0 Å². The molecule has 0 radical (unpaired) electrons. The number of Topliss-reactive ketones (excluding diaryl/α,β-unsaturated/α-hetero) is 1. The van der Waals surface area contributed by atoms with E-state index in [0.29, 0.717) is 23.3 Å². The van der Waals surface area contributed by atoms with Crippen LogP contribution in [0.1, 0.15) is 50.0 Å². The highest BCUT2D eigenvalue weighted by molar-refractivity contribution is 7.10. The van der Waals surface area contributed by atoms with Crippen LogP contribution in [0.3, 0.4) is 0 Å². The van der Waals surface area contributed by atoms with Crippen molar-refractivity contribution < 1.29 is 14.0 Å². The van der Waals surface area contributed by atoms with Gasteiger partial charge in [-0.3, -0.25) is 9.59 Å². The highest BCUT2D eigenvalue weighted by Crippen LogP contribution is 2.48. The van der Waals surface area contributed by atoms with E-state index in [9.17, 15) is 14.0 Å². The average molecular weight is 425 g/mol. The topological polar surface area (TPSA) is 58.2 Å². The van der Waals surface area contributed by atoms with E-state index in [0.717, 1.165) is 28.3 Å². The molecule has 4 nitrogen and oxygen atoms in total. The monoisotopic (exact) mass is 424 g/mol. The highest BCUT2D eigenvalue weighted by atomic mass is 32.1. The van der Waals surface area contributed by atoms with Crippen LogP contribution < -0.4 is 10.6 Å². The van der Waals surface area contributed by atoms with E-state index in [1.54, 1.807) is 11.3 Å². The third kappa shape index (κ3) is 3.72. The Bertz CT molecular complexity index is 1090. The summed E-state index contributed by atoms with van der Waals surface area (Å²) in [7, 11) is 0. The first-order chi connectivity index (χ1) is 14.2. The summed E-state index contributed by atoms with van der Waals surface area (Å²) in [4.78, 5) is 27.6. The van der Waals surface area contributed by atoms with Gasteiger partial charge in [-0.25, -0.2) is 4.39 Å². The number of allylic oxidation sites excluding steroid dienone is 3. The number of ketones is 1. The molecule has 4 rings (SSSR count). The van der Waals surface area contributed by atoms with Crippen molar-refractivity contribution in [1.29, 1.82) is 0 Å². The molecule has 1 aromatic carbocycles. The molecule has 0 spiro atoms. The number of hydrogen-bond donors (Lipinski definition) is 2. The van der Waals surface area contributed by atoms with Crippen molar-refractivity contribution in [2.75, 3.05) is 5.32 Å². The fraction of sp³-hybridized carbons (Fsp3) is 0.333. The Balaban J connectivity index is 1.79. The quantitative estimate of drug-likeness (QED) is 0.690. The Morgan fingerprint density at radius 1 is 1.17 bits per heavy atom. The maximum Gasteiger partial charge on any atom is 0.254 e. The molecule has 2 heterocycles. The van der Waals surface area contributed by atoms with Gasteiger partial charge in [0.25, 0.3) is 5.91 Å². The second-order valence-electron chi connectivity index (χ2n) is 8.86. The van der Waals surface area contributed by atoms with E-state index < -0.39 is 5.92 Å². The molecule has 1 aliphatic heterocycles. The summed E-state index contributed by atoms with van der Waals surface area (Å²) in [6.07, 6.45) is 1.22. The van der Waals surface area contributed by atoms with E-state index in [1.165, 1.54) is 24.3 Å². The fourth-order valence-electron chi connectivity index (χ4n) is 4.41. The van der Waals surface area contributed by atoms with Crippen LogP contribution in [0.15, 0.2) is 58.3 Å². The first-order valence-corrected chi connectivity index (χ1v) is 10.9. The van der Waals surface area contributed by atoms with Crippen LogP contribution in [0.5, 0.6) is 0 Å². The Hall–Kier alpha value is -2.73. The first kappa shape index (κ1) is 20.5. The molecule has 156 valence electrons. The molecule has 6 heteroatoms. The zero-order valence-electron chi connectivity index (χ0n) is 17.6. The molecule has 1 atom stereocenters. The van der Waals surface area contributed by atoms with Gasteiger partial charge in [0, 0.05) is 39.5 Å². The molecule has 1 aliphatic carbocycles. The minimum Gasteiger partial charge on any atom is -0.362 e. The fourth-order valence-corrected chi connectivity index (χ4v) is 5.46. The molecule has 0 bridgehead atoms. The SMILES string of the molecule is CC1=C(C(=O)Nc2ccc(F)cc2)C(c2sccc2C)C2=C(CC(C)(C)CC2=O)N1. The smallest absolute Gasteiger partial charge is 0.254 e. The number of carbonyl (C=O) groups is 2. The zero-order chi connectivity index (χ0) is 21.6. The predicted molar refractivity (Wildman–Crippen MR) is 118 cm³/mol. The van der Waals surface area contributed by atoms with Crippen molar-refractivity contribution in [3.63, 3.8) is 0 Å². The molecular formula is C24H25FN2O2S. The third-order valence-electron chi connectivity index (χ3n) is 5.75. The summed E-state index contributed by atoms with van der Waals surface area (Å²) in [5.41, 5.74) is 4.37. The number of rotatable bonds is 3. The Kier molecular flexibility index (Phi) is 5.14. The standard InChI is InChI=1S/C24H25FN2O2S/c1-13-9-10-30-22(13)21-19(23(29)27-16-7-5-15(25)6-8-16)14(2)26-17-11-24(3,4)12-18(28)20(17)21/h5-10,21,26H,11-12H2,1-4H3,(H,27,29). The van der Waals surface area contributed by atoms with Crippen molar-refractivity contribution in [2.24, 2.45) is 5.41 Å². The number of carbonyl (C=O) groups excluding carboxylic acids is 2. The number of amides is 1. The van der Waals surface area contributed by atoms with Gasteiger partial charge in [-0.05, 0) is 67.0 Å². The third-order valence-corrected chi connectivity index (χ3v) is 6.83. The maximum atomic E-state index is 13.4. The number of benzene rings is 1. The minimum atomic E-state index is -0.398. The number of aryl methyl sites for hydroxylation is 1. The summed E-state index contributed by atoms with van der Waals surface area (Å²) < 4.78 is 13.3. The van der Waals surface area contributed by atoms with Gasteiger partial charge in [-0.15, -0.1) is 11.3 Å². The Morgan fingerprint density at radius 2 is 1.87 bits per heavy atom. The molecule has 0 fully saturated rings. The van der Waals surface area contributed by atoms with Crippen molar-refractivity contribution in [2.45, 2.75) is 46.5 Å². The lowest BCUT2D eigenvalue weighted by molar-refractivity contribution is -0.118. The number of hydrogen-bond acceptors (Lipinski definition) is 4. The van der Waals surface area contributed by atoms with Crippen LogP contribution in [0.25, 0.3) is 0 Å². The molecule has 0 saturated heterocycles. The summed E-state index contributed by atoms with van der Waals surface area (Å²) in [6.45, 7) is 8.08. The number of halogens is 1. The summed E-state index contributed by atoms with van der Waals surface area (Å²) in [5, 5.41) is 8.23. The van der Waals surface area contributed by atoms with Crippen LogP contribution in [-0.2, 0) is 9.59 Å². The molecule has 0 saturated carbocycles. The molecule has 1 aromatic heterocycles. The minimum absolute atomic E-state index is 0.0890. The maximum absolute atomic E-state index is 13.4. The van der Waals surface area contributed by atoms with Crippen molar-refractivity contribution in [3.05, 3.63) is 74.5 Å². The molecule has 1 unspecified atom stereocenters. The van der Waals surface area contributed by atoms with Gasteiger partial charge in [0.1, 0.15) is 5.82 Å². The first-order valence-electron chi connectivity index (χ1n) is 10.0. The lowest BCUT2D eigenvalue weighted by atomic mass is 9.69. The second-order valence-corrected chi connectivity index (χ2v) is 9.81. The van der Waals surface area contributed by atoms with Gasteiger partial charge in [-0.1, -0.05) is 13.8 Å². The molecule has 1 amide bonds. The van der Waals surface area contributed by atoms with E-state index >= 15 is 0 Å². The van der Waals surface area contributed by atoms with Crippen molar-refractivity contribution in [1.82, 2.24) is 5.32 Å². The lowest BCUT2D eigenvalue weighted by Gasteiger charge is -2.39. The largest absolute Gasteiger partial charge is 0.362 e. The van der Waals surface area contributed by atoms with Crippen LogP contribution in [0.4, 0.5) is 10.1 Å². The highest BCUT2D eigenvalue weighted by Gasteiger charge is 2.43. The van der Waals surface area contributed by atoms with Gasteiger partial charge < -0.3 is 10.6 Å². The van der Waals surface area contributed by atoms with Crippen LogP contribution in [-0.4, -0.2) is 11.7 Å². The van der Waals surface area contributed by atoms with E-state index in [1.807, 2.05) is 25.3 Å². The molecular weight excluding hydrogens is 399 g/mol. The number of dihydropyridines is 1. The zero-order valence-corrected chi connectivity index (χ0v) is 18.4. The van der Waals surface area contributed by atoms with Crippen molar-refractivity contribution >= 4 is 28.7 Å². The van der Waals surface area contributed by atoms with Gasteiger partial charge in [-0.2, -0.15) is 0 Å². The van der Waals surface area contributed by atoms with Gasteiger partial charge >= 0.3 is 0 Å². The van der Waals surface area contributed by atoms with Crippen molar-refractivity contribution in [3.8, 4) is 0 Å². The normalized spacial score (nSPS) is 20.7. The summed E-state index contributed by atoms with van der Waals surface area (Å²) >= 11 is 1.57. The average Bonchev–Trinajstić information content (AvgIpc) is 3.07. The summed E-state index contributed by atoms with van der Waals surface area (Å²) in [6, 6.07) is 7.70. The molecule has 2 aromatic rings. The van der Waals surface area contributed by atoms with Gasteiger partial charge in [0.15, 0.2) is 5.78 Å². The van der Waals surface area contributed by atoms with E-state index in [-0.39, 0.29) is 22.9 Å². The molecule has 2 N–H and O–H groups in total. The molecule has 30 heavy (non-hydrogen) atoms. The summed E-state index contributed by atoms with van der Waals surface area (Å²) in [5.74, 6) is -0.954.